The Hall–Kier alpha value is -1.75. The molecule has 1 saturated heterocycles. The van der Waals surface area contributed by atoms with E-state index in [0.29, 0.717) is 13.1 Å². The van der Waals surface area contributed by atoms with E-state index in [1.807, 2.05) is 44.2 Å². The van der Waals surface area contributed by atoms with Crippen LogP contribution in [0.15, 0.2) is 30.3 Å². The number of rotatable bonds is 5. The molecule has 1 atom stereocenters. The standard InChI is InChI=1S/C18H25ClN2O3/c1-14(2)21(17(22)11-19)16-9-6-10-20(12-16)18(23)24-13-15-7-4-3-5-8-15/h3-5,7-8,14,16H,6,9-13H2,1-2H3/t16-/m1/s1. The maximum atomic E-state index is 12.3. The fourth-order valence-corrected chi connectivity index (χ4v) is 3.28. The van der Waals surface area contributed by atoms with E-state index in [4.69, 9.17) is 16.3 Å². The van der Waals surface area contributed by atoms with Gasteiger partial charge in [-0.3, -0.25) is 4.79 Å². The van der Waals surface area contributed by atoms with E-state index in [1.165, 1.54) is 0 Å². The number of carbonyl (C=O) groups excluding carboxylic acids is 2. The number of benzene rings is 1. The molecule has 1 aliphatic rings. The lowest BCUT2D eigenvalue weighted by molar-refractivity contribution is -0.134. The zero-order valence-electron chi connectivity index (χ0n) is 14.3. The van der Waals surface area contributed by atoms with Crippen molar-refractivity contribution in [1.29, 1.82) is 0 Å². The highest BCUT2D eigenvalue weighted by Crippen LogP contribution is 2.20. The Morgan fingerprint density at radius 2 is 2.04 bits per heavy atom. The highest BCUT2D eigenvalue weighted by Gasteiger charge is 2.32. The first-order valence-electron chi connectivity index (χ1n) is 8.35. The van der Waals surface area contributed by atoms with Gasteiger partial charge in [0.25, 0.3) is 0 Å². The Balaban J connectivity index is 1.94. The third kappa shape index (κ3) is 4.87. The summed E-state index contributed by atoms with van der Waals surface area (Å²) >= 11 is 5.73. The largest absolute Gasteiger partial charge is 0.445 e. The van der Waals surface area contributed by atoms with Crippen molar-refractivity contribution in [2.75, 3.05) is 19.0 Å². The van der Waals surface area contributed by atoms with Crippen molar-refractivity contribution in [2.24, 2.45) is 0 Å². The van der Waals surface area contributed by atoms with E-state index in [-0.39, 0.29) is 36.6 Å². The summed E-state index contributed by atoms with van der Waals surface area (Å²) in [6.07, 6.45) is 1.40. The lowest BCUT2D eigenvalue weighted by atomic mass is 10.0. The third-order valence-electron chi connectivity index (χ3n) is 4.21. The molecule has 0 spiro atoms. The van der Waals surface area contributed by atoms with Gasteiger partial charge < -0.3 is 14.5 Å². The number of amides is 2. The van der Waals surface area contributed by atoms with Crippen molar-refractivity contribution in [1.82, 2.24) is 9.80 Å². The molecule has 24 heavy (non-hydrogen) atoms. The van der Waals surface area contributed by atoms with Crippen LogP contribution in [0.4, 0.5) is 4.79 Å². The van der Waals surface area contributed by atoms with Crippen LogP contribution in [-0.4, -0.2) is 52.9 Å². The van der Waals surface area contributed by atoms with Gasteiger partial charge >= 0.3 is 6.09 Å². The number of hydrogen-bond acceptors (Lipinski definition) is 3. The molecular weight excluding hydrogens is 328 g/mol. The first kappa shape index (κ1) is 18.6. The molecule has 1 heterocycles. The van der Waals surface area contributed by atoms with Crippen LogP contribution < -0.4 is 0 Å². The van der Waals surface area contributed by atoms with E-state index in [1.54, 1.807) is 9.80 Å². The van der Waals surface area contributed by atoms with Gasteiger partial charge in [0.05, 0.1) is 0 Å². The second-order valence-corrected chi connectivity index (χ2v) is 6.58. The quantitative estimate of drug-likeness (QED) is 0.764. The molecule has 6 heteroatoms. The van der Waals surface area contributed by atoms with Crippen LogP contribution in [-0.2, 0) is 16.1 Å². The number of nitrogens with zero attached hydrogens (tertiary/aromatic N) is 2. The zero-order chi connectivity index (χ0) is 17.5. The smallest absolute Gasteiger partial charge is 0.410 e. The Bertz CT molecular complexity index is 550. The topological polar surface area (TPSA) is 49.9 Å². The molecule has 132 valence electrons. The van der Waals surface area contributed by atoms with Gasteiger partial charge in [-0.25, -0.2) is 4.79 Å². The van der Waals surface area contributed by atoms with E-state index in [0.717, 1.165) is 18.4 Å². The van der Waals surface area contributed by atoms with Gasteiger partial charge in [-0.1, -0.05) is 30.3 Å². The second-order valence-electron chi connectivity index (χ2n) is 6.31. The number of likely N-dealkylation sites (tertiary alicyclic amines) is 1. The molecule has 0 radical (unpaired) electrons. The summed E-state index contributed by atoms with van der Waals surface area (Å²) in [6, 6.07) is 9.65. The molecule has 0 unspecified atom stereocenters. The first-order valence-corrected chi connectivity index (χ1v) is 8.89. The maximum absolute atomic E-state index is 12.3. The van der Waals surface area contributed by atoms with Gasteiger partial charge in [0.15, 0.2) is 0 Å². The molecule has 1 aliphatic heterocycles. The average molecular weight is 353 g/mol. The molecule has 0 bridgehead atoms. The second kappa shape index (κ2) is 8.92. The van der Waals surface area contributed by atoms with Crippen LogP contribution in [0.25, 0.3) is 0 Å². The number of ether oxygens (including phenoxy) is 1. The van der Waals surface area contributed by atoms with Crippen molar-refractivity contribution < 1.29 is 14.3 Å². The lowest BCUT2D eigenvalue weighted by Gasteiger charge is -2.40. The third-order valence-corrected chi connectivity index (χ3v) is 4.44. The van der Waals surface area contributed by atoms with Crippen LogP contribution >= 0.6 is 11.6 Å². The molecule has 0 saturated carbocycles. The maximum Gasteiger partial charge on any atom is 0.410 e. The SMILES string of the molecule is CC(C)N(C(=O)CCl)[C@@H]1CCCN(C(=O)OCc2ccccc2)C1. The summed E-state index contributed by atoms with van der Waals surface area (Å²) in [7, 11) is 0. The summed E-state index contributed by atoms with van der Waals surface area (Å²) in [5, 5.41) is 0. The minimum Gasteiger partial charge on any atom is -0.445 e. The van der Waals surface area contributed by atoms with Crippen molar-refractivity contribution in [3.63, 3.8) is 0 Å². The number of carbonyl (C=O) groups is 2. The molecule has 0 aliphatic carbocycles. The van der Waals surface area contributed by atoms with Crippen LogP contribution in [0.1, 0.15) is 32.3 Å². The van der Waals surface area contributed by atoms with Crippen LogP contribution in [0, 0.1) is 0 Å². The normalized spacial score (nSPS) is 17.7. The van der Waals surface area contributed by atoms with E-state index in [2.05, 4.69) is 0 Å². The van der Waals surface area contributed by atoms with Gasteiger partial charge in [-0.2, -0.15) is 0 Å². The highest BCUT2D eigenvalue weighted by molar-refractivity contribution is 6.27. The van der Waals surface area contributed by atoms with E-state index < -0.39 is 0 Å². The van der Waals surface area contributed by atoms with Crippen molar-refractivity contribution >= 4 is 23.6 Å². The van der Waals surface area contributed by atoms with Gasteiger partial charge in [-0.05, 0) is 32.3 Å². The Morgan fingerprint density at radius 3 is 2.67 bits per heavy atom. The Morgan fingerprint density at radius 1 is 1.33 bits per heavy atom. The van der Waals surface area contributed by atoms with Crippen LogP contribution in [0.2, 0.25) is 0 Å². The van der Waals surface area contributed by atoms with Crippen LogP contribution in [0.5, 0.6) is 0 Å². The summed E-state index contributed by atoms with van der Waals surface area (Å²) in [6.45, 7) is 5.35. The zero-order valence-corrected chi connectivity index (χ0v) is 15.0. The Labute approximate surface area is 148 Å². The predicted octanol–water partition coefficient (Wildman–Crippen LogP) is 3.26. The molecule has 0 aromatic heterocycles. The van der Waals surface area contributed by atoms with Gasteiger partial charge in [0.2, 0.25) is 5.91 Å². The lowest BCUT2D eigenvalue weighted by Crippen LogP contribution is -2.54. The summed E-state index contributed by atoms with van der Waals surface area (Å²) in [5.41, 5.74) is 0.959. The molecule has 1 aromatic carbocycles. The number of halogens is 1. The van der Waals surface area contributed by atoms with E-state index in [9.17, 15) is 9.59 Å². The molecule has 2 rings (SSSR count). The first-order chi connectivity index (χ1) is 11.5. The summed E-state index contributed by atoms with van der Waals surface area (Å²) < 4.78 is 5.40. The molecule has 1 aromatic rings. The monoisotopic (exact) mass is 352 g/mol. The molecule has 0 N–H and O–H groups in total. The number of hydrogen-bond donors (Lipinski definition) is 0. The van der Waals surface area contributed by atoms with Crippen molar-refractivity contribution in [2.45, 2.75) is 45.4 Å². The molecular formula is C18H25ClN2O3. The molecule has 1 fully saturated rings. The van der Waals surface area contributed by atoms with Gasteiger partial charge in [0, 0.05) is 25.2 Å². The molecule has 2 amide bonds. The minimum atomic E-state index is -0.328. The number of alkyl halides is 1. The minimum absolute atomic E-state index is 0.00530. The highest BCUT2D eigenvalue weighted by atomic mass is 35.5. The van der Waals surface area contributed by atoms with E-state index >= 15 is 0 Å². The molecule has 5 nitrogen and oxygen atoms in total. The van der Waals surface area contributed by atoms with Gasteiger partial charge in [0.1, 0.15) is 12.5 Å². The van der Waals surface area contributed by atoms with Crippen molar-refractivity contribution in [3.05, 3.63) is 35.9 Å². The fraction of sp³-hybridized carbons (Fsp3) is 0.556. The fourth-order valence-electron chi connectivity index (χ4n) is 3.14. The van der Waals surface area contributed by atoms with Crippen LogP contribution in [0.3, 0.4) is 0 Å². The van der Waals surface area contributed by atoms with Crippen molar-refractivity contribution in [3.8, 4) is 0 Å². The predicted molar refractivity (Wildman–Crippen MR) is 93.9 cm³/mol. The summed E-state index contributed by atoms with van der Waals surface area (Å²) in [5.74, 6) is -0.121. The average Bonchev–Trinajstić information content (AvgIpc) is 2.60. The number of piperidine rings is 1. The Kier molecular flexibility index (Phi) is 6.91. The van der Waals surface area contributed by atoms with Gasteiger partial charge in [-0.15, -0.1) is 11.6 Å². The summed E-state index contributed by atoms with van der Waals surface area (Å²) in [4.78, 5) is 27.9.